The highest BCUT2D eigenvalue weighted by Gasteiger charge is 2.19. The standard InChI is InChI=1S/C35H40N6/c1-6-14-29(27-17-12-13-18-27)33-24(5)38-35(39-33)34-30-21-31(36-22-32(30)40-41-34)26(7-2)20-28(8-3)37-23(4)19-25-15-10-9-11-16-25/h6-8,12,14,17-18,20-22,25,37H,1,3-4,9-11,13,15-16,19H2,2,5H3,(H,38,39)(H,40,41)/b26-7+,28-20+,29-14-. The van der Waals surface area contributed by atoms with Gasteiger partial charge in [-0.1, -0.05) is 88.3 Å². The molecule has 3 aromatic rings. The number of aryl methyl sites for hydroxylation is 1. The van der Waals surface area contributed by atoms with E-state index in [0.717, 1.165) is 80.6 Å². The fourth-order valence-corrected chi connectivity index (χ4v) is 5.79. The molecule has 0 aliphatic heterocycles. The van der Waals surface area contributed by atoms with Crippen molar-refractivity contribution in [2.45, 2.75) is 58.8 Å². The number of imidazole rings is 1. The number of fused-ring (bicyclic) bond motifs is 1. The first-order chi connectivity index (χ1) is 20.0. The molecule has 3 N–H and O–H groups in total. The zero-order valence-corrected chi connectivity index (χ0v) is 24.3. The van der Waals surface area contributed by atoms with Crippen molar-refractivity contribution < 1.29 is 0 Å². The number of hydrogen-bond donors (Lipinski definition) is 3. The first-order valence-corrected chi connectivity index (χ1v) is 14.6. The fraction of sp³-hybridized carbons (Fsp3) is 0.286. The van der Waals surface area contributed by atoms with E-state index in [-0.39, 0.29) is 0 Å². The van der Waals surface area contributed by atoms with Gasteiger partial charge in [0, 0.05) is 28.0 Å². The predicted molar refractivity (Wildman–Crippen MR) is 172 cm³/mol. The maximum atomic E-state index is 4.99. The van der Waals surface area contributed by atoms with E-state index in [2.05, 4.69) is 76.7 Å². The lowest BCUT2D eigenvalue weighted by atomic mass is 9.86. The zero-order chi connectivity index (χ0) is 28.8. The molecule has 0 aromatic carbocycles. The summed E-state index contributed by atoms with van der Waals surface area (Å²) < 4.78 is 0. The van der Waals surface area contributed by atoms with Crippen LogP contribution in [0.15, 0.2) is 97.6 Å². The summed E-state index contributed by atoms with van der Waals surface area (Å²) in [5, 5.41) is 12.2. The third-order valence-corrected chi connectivity index (χ3v) is 7.90. The van der Waals surface area contributed by atoms with Crippen molar-refractivity contribution in [1.82, 2.24) is 30.5 Å². The summed E-state index contributed by atoms with van der Waals surface area (Å²) in [6, 6.07) is 2.07. The van der Waals surface area contributed by atoms with Crippen LogP contribution >= 0.6 is 0 Å². The number of H-pyrrole nitrogens is 2. The van der Waals surface area contributed by atoms with Crippen LogP contribution in [-0.2, 0) is 0 Å². The lowest BCUT2D eigenvalue weighted by Crippen LogP contribution is -2.16. The van der Waals surface area contributed by atoms with Crippen molar-refractivity contribution in [3.8, 4) is 11.5 Å². The summed E-state index contributed by atoms with van der Waals surface area (Å²) >= 11 is 0. The number of allylic oxidation sites excluding steroid dienone is 12. The first-order valence-electron chi connectivity index (χ1n) is 14.6. The van der Waals surface area contributed by atoms with Gasteiger partial charge in [-0.15, -0.1) is 0 Å². The van der Waals surface area contributed by atoms with Gasteiger partial charge in [0.15, 0.2) is 5.82 Å². The van der Waals surface area contributed by atoms with Crippen molar-refractivity contribution in [1.29, 1.82) is 0 Å². The second-order valence-electron chi connectivity index (χ2n) is 10.8. The van der Waals surface area contributed by atoms with E-state index in [1.165, 1.54) is 32.1 Å². The minimum Gasteiger partial charge on any atom is -0.359 e. The summed E-state index contributed by atoms with van der Waals surface area (Å²) in [6.45, 7) is 16.3. The van der Waals surface area contributed by atoms with Crippen LogP contribution in [0, 0.1) is 12.8 Å². The number of nitrogens with one attached hydrogen (secondary N) is 3. The van der Waals surface area contributed by atoms with Crippen molar-refractivity contribution >= 4 is 22.0 Å². The smallest absolute Gasteiger partial charge is 0.159 e. The Morgan fingerprint density at radius 2 is 2.02 bits per heavy atom. The van der Waals surface area contributed by atoms with Crippen LogP contribution in [0.1, 0.15) is 69.0 Å². The van der Waals surface area contributed by atoms with Gasteiger partial charge in [-0.3, -0.25) is 10.1 Å². The highest BCUT2D eigenvalue weighted by atomic mass is 15.1. The van der Waals surface area contributed by atoms with E-state index in [4.69, 9.17) is 9.97 Å². The summed E-state index contributed by atoms with van der Waals surface area (Å²) in [7, 11) is 0. The Labute approximate surface area is 243 Å². The van der Waals surface area contributed by atoms with Crippen molar-refractivity contribution in [2.75, 3.05) is 0 Å². The van der Waals surface area contributed by atoms with Crippen LogP contribution in [0.25, 0.3) is 33.6 Å². The summed E-state index contributed by atoms with van der Waals surface area (Å²) in [5.41, 5.74) is 9.47. The van der Waals surface area contributed by atoms with Crippen LogP contribution in [0.2, 0.25) is 0 Å². The molecule has 0 bridgehead atoms. The van der Waals surface area contributed by atoms with Crippen LogP contribution < -0.4 is 5.32 Å². The molecular weight excluding hydrogens is 504 g/mol. The second-order valence-corrected chi connectivity index (χ2v) is 10.8. The maximum Gasteiger partial charge on any atom is 0.159 e. The Balaban J connectivity index is 1.42. The normalized spacial score (nSPS) is 16.7. The van der Waals surface area contributed by atoms with Crippen LogP contribution in [0.3, 0.4) is 0 Å². The summed E-state index contributed by atoms with van der Waals surface area (Å²) in [4.78, 5) is 13.2. The SMILES string of the molecule is C=C/C=C(/C1=CCC=C1)c1nc(-c2n[nH]c3cnc(C(/C=C(\C=C)NC(=C)CC4CCCCC4)=C/C)cc23)[nH]c1C. The second kappa shape index (κ2) is 12.8. The molecule has 0 spiro atoms. The van der Waals surface area contributed by atoms with E-state index >= 15 is 0 Å². The highest BCUT2D eigenvalue weighted by Crippen LogP contribution is 2.33. The quantitative estimate of drug-likeness (QED) is 0.211. The molecule has 3 aromatic heterocycles. The van der Waals surface area contributed by atoms with Crippen molar-refractivity contribution in [3.63, 3.8) is 0 Å². The molecule has 2 aliphatic rings. The molecule has 0 unspecified atom stereocenters. The topological polar surface area (TPSA) is 82.3 Å². The number of hydrogen-bond acceptors (Lipinski definition) is 4. The minimum atomic E-state index is 0.712. The van der Waals surface area contributed by atoms with Gasteiger partial charge in [-0.05, 0) is 62.0 Å². The third-order valence-electron chi connectivity index (χ3n) is 7.90. The number of aromatic nitrogens is 5. The molecule has 41 heavy (non-hydrogen) atoms. The largest absolute Gasteiger partial charge is 0.359 e. The molecule has 5 rings (SSSR count). The molecule has 0 saturated heterocycles. The molecule has 0 radical (unpaired) electrons. The molecule has 6 heteroatoms. The van der Waals surface area contributed by atoms with Gasteiger partial charge >= 0.3 is 0 Å². The van der Waals surface area contributed by atoms with Gasteiger partial charge in [0.05, 0.1) is 23.1 Å². The molecular formula is C35H40N6. The van der Waals surface area contributed by atoms with Crippen LogP contribution in [0.5, 0.6) is 0 Å². The van der Waals surface area contributed by atoms with Gasteiger partial charge in [0.25, 0.3) is 0 Å². The van der Waals surface area contributed by atoms with Gasteiger partial charge in [-0.25, -0.2) is 4.98 Å². The lowest BCUT2D eigenvalue weighted by molar-refractivity contribution is 0.353. The minimum absolute atomic E-state index is 0.712. The van der Waals surface area contributed by atoms with Gasteiger partial charge in [0.2, 0.25) is 0 Å². The zero-order valence-electron chi connectivity index (χ0n) is 24.3. The molecule has 1 saturated carbocycles. The Morgan fingerprint density at radius 3 is 2.73 bits per heavy atom. The molecule has 0 atom stereocenters. The van der Waals surface area contributed by atoms with E-state index in [1.54, 1.807) is 0 Å². The number of aromatic amines is 2. The number of nitrogens with zero attached hydrogens (tertiary/aromatic N) is 3. The Kier molecular flexibility index (Phi) is 8.78. The maximum absolute atomic E-state index is 4.99. The average molecular weight is 545 g/mol. The lowest BCUT2D eigenvalue weighted by Gasteiger charge is -2.23. The van der Waals surface area contributed by atoms with Crippen molar-refractivity contribution in [2.24, 2.45) is 5.92 Å². The monoisotopic (exact) mass is 544 g/mol. The van der Waals surface area contributed by atoms with E-state index < -0.39 is 0 Å². The van der Waals surface area contributed by atoms with Crippen LogP contribution in [-0.4, -0.2) is 25.1 Å². The van der Waals surface area contributed by atoms with E-state index in [1.807, 2.05) is 38.3 Å². The van der Waals surface area contributed by atoms with Crippen LogP contribution in [0.4, 0.5) is 0 Å². The molecule has 1 fully saturated rings. The van der Waals surface area contributed by atoms with Crippen molar-refractivity contribution in [3.05, 3.63) is 115 Å². The Bertz CT molecular complexity index is 1610. The first kappa shape index (κ1) is 28.1. The van der Waals surface area contributed by atoms with Gasteiger partial charge in [-0.2, -0.15) is 5.10 Å². The van der Waals surface area contributed by atoms with Gasteiger partial charge < -0.3 is 10.3 Å². The van der Waals surface area contributed by atoms with Gasteiger partial charge in [0.1, 0.15) is 5.69 Å². The number of rotatable bonds is 11. The highest BCUT2D eigenvalue weighted by molar-refractivity contribution is 5.94. The Hall–Kier alpha value is -4.45. The summed E-state index contributed by atoms with van der Waals surface area (Å²) in [6.07, 6.45) is 26.7. The number of pyridine rings is 1. The average Bonchev–Trinajstić information content (AvgIpc) is 3.74. The fourth-order valence-electron chi connectivity index (χ4n) is 5.79. The van der Waals surface area contributed by atoms with E-state index in [0.29, 0.717) is 5.82 Å². The Morgan fingerprint density at radius 1 is 1.20 bits per heavy atom. The molecule has 3 heterocycles. The molecule has 210 valence electrons. The predicted octanol–water partition coefficient (Wildman–Crippen LogP) is 8.66. The van der Waals surface area contributed by atoms with E-state index in [9.17, 15) is 0 Å². The summed E-state index contributed by atoms with van der Waals surface area (Å²) in [5.74, 6) is 1.43. The third kappa shape index (κ3) is 6.32. The molecule has 0 amide bonds. The molecule has 2 aliphatic carbocycles. The molecule has 6 nitrogen and oxygen atoms in total.